The lowest BCUT2D eigenvalue weighted by Crippen LogP contribution is -1.86. The van der Waals surface area contributed by atoms with Crippen molar-refractivity contribution < 1.29 is 4.52 Å². The maximum absolute atomic E-state index is 5.57. The number of nitrogens with zero attached hydrogens (tertiary/aromatic N) is 1. The Bertz CT molecular complexity index is 694. The van der Waals surface area contributed by atoms with Gasteiger partial charge in [-0.05, 0) is 23.6 Å². The third-order valence-corrected chi connectivity index (χ3v) is 3.18. The van der Waals surface area contributed by atoms with Crippen LogP contribution in [0.1, 0.15) is 25.3 Å². The second-order valence-corrected chi connectivity index (χ2v) is 4.78. The van der Waals surface area contributed by atoms with Crippen LogP contribution in [0.25, 0.3) is 22.2 Å². The van der Waals surface area contributed by atoms with Crippen LogP contribution in [0.2, 0.25) is 0 Å². The minimum Gasteiger partial charge on any atom is -0.368 e. The molecule has 18 heavy (non-hydrogen) atoms. The predicted octanol–water partition coefficient (Wildman–Crippen LogP) is 3.53. The first-order valence-electron chi connectivity index (χ1n) is 5.99. The molecule has 4 nitrogen and oxygen atoms in total. The number of nitrogen functional groups attached to an aromatic ring is 1. The second kappa shape index (κ2) is 3.91. The zero-order chi connectivity index (χ0) is 12.7. The van der Waals surface area contributed by atoms with E-state index in [1.807, 2.05) is 6.20 Å². The van der Waals surface area contributed by atoms with E-state index in [1.165, 1.54) is 5.56 Å². The molecule has 0 aliphatic carbocycles. The normalized spacial score (nSPS) is 11.5. The molecule has 0 aliphatic heterocycles. The van der Waals surface area contributed by atoms with Crippen LogP contribution in [-0.4, -0.2) is 10.1 Å². The van der Waals surface area contributed by atoms with E-state index in [9.17, 15) is 0 Å². The van der Waals surface area contributed by atoms with Crippen LogP contribution in [0.4, 0.5) is 5.88 Å². The molecule has 4 heteroatoms. The zero-order valence-electron chi connectivity index (χ0n) is 10.4. The average molecular weight is 241 g/mol. The highest BCUT2D eigenvalue weighted by molar-refractivity contribution is 5.95. The fourth-order valence-corrected chi connectivity index (χ4v) is 2.13. The summed E-state index contributed by atoms with van der Waals surface area (Å²) in [4.78, 5) is 3.24. The average Bonchev–Trinajstić information content (AvgIpc) is 2.93. The largest absolute Gasteiger partial charge is 0.368 e. The Morgan fingerprint density at radius 1 is 1.28 bits per heavy atom. The number of aromatic amines is 1. The van der Waals surface area contributed by atoms with Crippen LogP contribution >= 0.6 is 0 Å². The summed E-state index contributed by atoms with van der Waals surface area (Å²) in [6.07, 6.45) is 1.94. The van der Waals surface area contributed by atoms with Crippen molar-refractivity contribution in [2.75, 3.05) is 5.73 Å². The summed E-state index contributed by atoms with van der Waals surface area (Å²) in [6, 6.07) is 8.17. The lowest BCUT2D eigenvalue weighted by atomic mass is 10.00. The van der Waals surface area contributed by atoms with Gasteiger partial charge in [-0.2, -0.15) is 0 Å². The third-order valence-electron chi connectivity index (χ3n) is 3.18. The van der Waals surface area contributed by atoms with E-state index in [0.717, 1.165) is 22.2 Å². The first-order chi connectivity index (χ1) is 8.65. The third kappa shape index (κ3) is 1.66. The highest BCUT2D eigenvalue weighted by Crippen LogP contribution is 2.30. The van der Waals surface area contributed by atoms with E-state index < -0.39 is 0 Å². The summed E-state index contributed by atoms with van der Waals surface area (Å²) in [5.41, 5.74) is 9.75. The number of benzene rings is 1. The number of hydrogen-bond donors (Lipinski definition) is 2. The Balaban J connectivity index is 2.20. The molecule has 0 saturated heterocycles. The smallest absolute Gasteiger partial charge is 0.222 e. The number of fused-ring (bicyclic) bond motifs is 1. The van der Waals surface area contributed by atoms with E-state index in [0.29, 0.717) is 11.8 Å². The molecule has 0 bridgehead atoms. The second-order valence-electron chi connectivity index (χ2n) is 4.78. The number of anilines is 1. The minimum atomic E-state index is 0.333. The van der Waals surface area contributed by atoms with Gasteiger partial charge >= 0.3 is 0 Å². The van der Waals surface area contributed by atoms with E-state index in [4.69, 9.17) is 10.3 Å². The molecule has 0 amide bonds. The molecule has 3 rings (SSSR count). The molecular weight excluding hydrogens is 226 g/mol. The van der Waals surface area contributed by atoms with E-state index in [1.54, 1.807) is 6.07 Å². The van der Waals surface area contributed by atoms with Crippen LogP contribution in [0.3, 0.4) is 0 Å². The molecule has 0 aliphatic rings. The van der Waals surface area contributed by atoms with Gasteiger partial charge in [-0.1, -0.05) is 25.1 Å². The molecule has 0 saturated carbocycles. The molecule has 0 fully saturated rings. The van der Waals surface area contributed by atoms with Gasteiger partial charge in [-0.3, -0.25) is 0 Å². The monoisotopic (exact) mass is 241 g/mol. The first kappa shape index (κ1) is 10.9. The number of rotatable bonds is 2. The van der Waals surface area contributed by atoms with Crippen molar-refractivity contribution in [2.24, 2.45) is 0 Å². The maximum atomic E-state index is 5.57. The van der Waals surface area contributed by atoms with Gasteiger partial charge < -0.3 is 15.2 Å². The topological polar surface area (TPSA) is 67.8 Å². The number of H-pyrrole nitrogens is 1. The van der Waals surface area contributed by atoms with Crippen LogP contribution in [0.15, 0.2) is 35.0 Å². The zero-order valence-corrected chi connectivity index (χ0v) is 10.4. The van der Waals surface area contributed by atoms with Gasteiger partial charge in [0.05, 0.1) is 0 Å². The summed E-state index contributed by atoms with van der Waals surface area (Å²) < 4.78 is 4.93. The van der Waals surface area contributed by atoms with Crippen molar-refractivity contribution in [1.29, 1.82) is 0 Å². The molecule has 0 unspecified atom stereocenters. The maximum Gasteiger partial charge on any atom is 0.222 e. The Morgan fingerprint density at radius 2 is 2.11 bits per heavy atom. The molecule has 3 N–H and O–H groups in total. The highest BCUT2D eigenvalue weighted by Gasteiger charge is 2.11. The van der Waals surface area contributed by atoms with Crippen LogP contribution in [0.5, 0.6) is 0 Å². The van der Waals surface area contributed by atoms with Crippen molar-refractivity contribution >= 4 is 16.8 Å². The molecule has 2 heterocycles. The summed E-state index contributed by atoms with van der Waals surface area (Å²) in [5.74, 6) is 0.832. The van der Waals surface area contributed by atoms with Crippen molar-refractivity contribution in [3.8, 4) is 11.3 Å². The van der Waals surface area contributed by atoms with E-state index in [2.05, 4.69) is 42.2 Å². The Labute approximate surface area is 105 Å². The predicted molar refractivity (Wildman–Crippen MR) is 72.3 cm³/mol. The molecule has 2 aromatic heterocycles. The van der Waals surface area contributed by atoms with Gasteiger partial charge in [0.2, 0.25) is 5.88 Å². The molecular formula is C14H15N3O. The Hall–Kier alpha value is -2.23. The van der Waals surface area contributed by atoms with Gasteiger partial charge in [-0.25, -0.2) is 0 Å². The van der Waals surface area contributed by atoms with Gasteiger partial charge in [0, 0.05) is 28.7 Å². The number of nitrogens with two attached hydrogens (primary N) is 1. The van der Waals surface area contributed by atoms with Gasteiger partial charge in [0.15, 0.2) is 0 Å². The van der Waals surface area contributed by atoms with E-state index in [-0.39, 0.29) is 0 Å². The minimum absolute atomic E-state index is 0.333. The molecule has 0 radical (unpaired) electrons. The molecule has 3 aromatic rings. The van der Waals surface area contributed by atoms with Gasteiger partial charge in [0.25, 0.3) is 0 Å². The quantitative estimate of drug-likeness (QED) is 0.721. The van der Waals surface area contributed by atoms with Crippen molar-refractivity contribution in [3.63, 3.8) is 0 Å². The number of hydrogen-bond acceptors (Lipinski definition) is 3. The van der Waals surface area contributed by atoms with E-state index >= 15 is 0 Å². The summed E-state index contributed by atoms with van der Waals surface area (Å²) in [7, 11) is 0. The number of nitrogens with one attached hydrogen (secondary N) is 1. The molecule has 1 aromatic carbocycles. The van der Waals surface area contributed by atoms with Gasteiger partial charge in [0.1, 0.15) is 5.69 Å². The first-order valence-corrected chi connectivity index (χ1v) is 5.99. The fourth-order valence-electron chi connectivity index (χ4n) is 2.13. The molecule has 0 spiro atoms. The van der Waals surface area contributed by atoms with Crippen LogP contribution in [-0.2, 0) is 0 Å². The number of aromatic nitrogens is 2. The van der Waals surface area contributed by atoms with Crippen molar-refractivity contribution in [2.45, 2.75) is 19.8 Å². The molecule has 92 valence electrons. The standard InChI is InChI=1S/C14H15N3O/c1-8(2)9-3-4-12-10(5-9)11(7-16-12)13-6-14(15)18-17-13/h3-8,16H,15H2,1-2H3. The van der Waals surface area contributed by atoms with Crippen molar-refractivity contribution in [3.05, 3.63) is 36.0 Å². The lowest BCUT2D eigenvalue weighted by molar-refractivity contribution is 0.439. The fraction of sp³-hybridized carbons (Fsp3) is 0.214. The highest BCUT2D eigenvalue weighted by atomic mass is 16.5. The lowest BCUT2D eigenvalue weighted by Gasteiger charge is -2.05. The van der Waals surface area contributed by atoms with Crippen LogP contribution < -0.4 is 5.73 Å². The van der Waals surface area contributed by atoms with Crippen molar-refractivity contribution in [1.82, 2.24) is 10.1 Å². The Kier molecular flexibility index (Phi) is 2.37. The van der Waals surface area contributed by atoms with Gasteiger partial charge in [-0.15, -0.1) is 0 Å². The Morgan fingerprint density at radius 3 is 2.78 bits per heavy atom. The molecule has 0 atom stereocenters. The summed E-state index contributed by atoms with van der Waals surface area (Å²) >= 11 is 0. The summed E-state index contributed by atoms with van der Waals surface area (Å²) in [5, 5.41) is 5.11. The summed E-state index contributed by atoms with van der Waals surface area (Å²) in [6.45, 7) is 4.36. The SMILES string of the molecule is CC(C)c1ccc2[nH]cc(-c3cc(N)on3)c2c1. The van der Waals surface area contributed by atoms with Crippen LogP contribution in [0, 0.1) is 0 Å².